The summed E-state index contributed by atoms with van der Waals surface area (Å²) in [6.07, 6.45) is 5.86. The van der Waals surface area contributed by atoms with Gasteiger partial charge in [0.15, 0.2) is 0 Å². The molecular formula is C24H28ClN5O3. The Balaban J connectivity index is 1.35. The van der Waals surface area contributed by atoms with Crippen molar-refractivity contribution in [1.82, 2.24) is 20.2 Å². The van der Waals surface area contributed by atoms with Gasteiger partial charge in [0, 0.05) is 49.7 Å². The molecule has 0 radical (unpaired) electrons. The van der Waals surface area contributed by atoms with Crippen molar-refractivity contribution < 1.29 is 14.3 Å². The van der Waals surface area contributed by atoms with Crippen LogP contribution in [0, 0.1) is 0 Å². The maximum atomic E-state index is 13.3. The zero-order valence-corrected chi connectivity index (χ0v) is 19.4. The largest absolute Gasteiger partial charge is 0.381 e. The third kappa shape index (κ3) is 4.54. The molecule has 2 aromatic rings. The molecule has 1 aliphatic carbocycles. The summed E-state index contributed by atoms with van der Waals surface area (Å²) in [7, 11) is 0. The molecule has 2 atom stereocenters. The van der Waals surface area contributed by atoms with Crippen molar-refractivity contribution in [3.63, 3.8) is 0 Å². The Morgan fingerprint density at radius 3 is 2.85 bits per heavy atom. The van der Waals surface area contributed by atoms with E-state index in [0.29, 0.717) is 44.1 Å². The molecule has 9 heteroatoms. The maximum Gasteiger partial charge on any atom is 0.254 e. The second-order valence-corrected chi connectivity index (χ2v) is 9.80. The monoisotopic (exact) mass is 469 g/mol. The molecule has 1 aromatic carbocycles. The molecule has 3 aliphatic rings. The zero-order chi connectivity index (χ0) is 23.0. The van der Waals surface area contributed by atoms with Gasteiger partial charge in [0.25, 0.3) is 5.91 Å². The number of halogens is 1. The smallest absolute Gasteiger partial charge is 0.254 e. The van der Waals surface area contributed by atoms with E-state index in [4.69, 9.17) is 16.3 Å². The molecule has 0 bridgehead atoms. The van der Waals surface area contributed by atoms with Crippen LogP contribution in [-0.2, 0) is 16.1 Å². The predicted octanol–water partition coefficient (Wildman–Crippen LogP) is 3.31. The van der Waals surface area contributed by atoms with Gasteiger partial charge in [-0.05, 0) is 37.0 Å². The Morgan fingerprint density at radius 2 is 2.06 bits per heavy atom. The van der Waals surface area contributed by atoms with Gasteiger partial charge in [-0.3, -0.25) is 9.59 Å². The van der Waals surface area contributed by atoms with E-state index >= 15 is 0 Å². The molecule has 1 saturated carbocycles. The molecule has 0 spiro atoms. The lowest BCUT2D eigenvalue weighted by Gasteiger charge is -2.31. The highest BCUT2D eigenvalue weighted by Crippen LogP contribution is 2.34. The number of ether oxygens (including phenoxy) is 1. The van der Waals surface area contributed by atoms with Crippen LogP contribution in [0.4, 0.5) is 5.95 Å². The number of rotatable bonds is 5. The molecule has 2 aliphatic heterocycles. The van der Waals surface area contributed by atoms with Crippen LogP contribution in [0.5, 0.6) is 0 Å². The van der Waals surface area contributed by atoms with E-state index in [1.54, 1.807) is 6.20 Å². The number of carbonyl (C=O) groups is 2. The van der Waals surface area contributed by atoms with Crippen LogP contribution in [-0.4, -0.2) is 57.0 Å². The summed E-state index contributed by atoms with van der Waals surface area (Å²) in [5.41, 5.74) is 3.29. The molecule has 174 valence electrons. The first kappa shape index (κ1) is 22.1. The minimum absolute atomic E-state index is 0.0171. The van der Waals surface area contributed by atoms with Crippen molar-refractivity contribution in [1.29, 1.82) is 0 Å². The van der Waals surface area contributed by atoms with E-state index in [1.807, 2.05) is 29.2 Å². The summed E-state index contributed by atoms with van der Waals surface area (Å²) >= 11 is 6.68. The molecule has 8 nitrogen and oxygen atoms in total. The number of hydrogen-bond donors (Lipinski definition) is 2. The third-order valence-electron chi connectivity index (χ3n) is 6.78. The SMILES string of the molecule is CC(=O)NC1CCCC1N1Cc2ccc(-c3ccnc(NC4(Cl)CCOCC4)n3)cc2C1=O. The van der Waals surface area contributed by atoms with Gasteiger partial charge in [-0.1, -0.05) is 23.7 Å². The van der Waals surface area contributed by atoms with Crippen LogP contribution in [0.25, 0.3) is 11.3 Å². The van der Waals surface area contributed by atoms with E-state index in [2.05, 4.69) is 20.6 Å². The number of alkyl halides is 1. The molecule has 1 aromatic heterocycles. The highest BCUT2D eigenvalue weighted by molar-refractivity contribution is 6.25. The quantitative estimate of drug-likeness (QED) is 0.515. The second kappa shape index (κ2) is 8.91. The molecule has 2 N–H and O–H groups in total. The second-order valence-electron chi connectivity index (χ2n) is 9.08. The lowest BCUT2D eigenvalue weighted by atomic mass is 10.0. The summed E-state index contributed by atoms with van der Waals surface area (Å²) in [5, 5.41) is 6.27. The molecule has 3 heterocycles. The first-order chi connectivity index (χ1) is 15.9. The van der Waals surface area contributed by atoms with Crippen LogP contribution in [0.1, 0.15) is 54.9 Å². The number of hydrogen-bond acceptors (Lipinski definition) is 6. The van der Waals surface area contributed by atoms with E-state index in [-0.39, 0.29) is 23.9 Å². The third-order valence-corrected chi connectivity index (χ3v) is 7.26. The van der Waals surface area contributed by atoms with Crippen LogP contribution in [0.3, 0.4) is 0 Å². The van der Waals surface area contributed by atoms with Gasteiger partial charge in [0.2, 0.25) is 11.9 Å². The molecule has 33 heavy (non-hydrogen) atoms. The van der Waals surface area contributed by atoms with Gasteiger partial charge in [0.1, 0.15) is 5.00 Å². The zero-order valence-electron chi connectivity index (χ0n) is 18.6. The lowest BCUT2D eigenvalue weighted by molar-refractivity contribution is -0.120. The summed E-state index contributed by atoms with van der Waals surface area (Å²) < 4.78 is 5.40. The summed E-state index contributed by atoms with van der Waals surface area (Å²) in [6.45, 7) is 3.30. The Morgan fingerprint density at radius 1 is 1.24 bits per heavy atom. The highest BCUT2D eigenvalue weighted by atomic mass is 35.5. The van der Waals surface area contributed by atoms with Crippen molar-refractivity contribution in [3.05, 3.63) is 41.6 Å². The van der Waals surface area contributed by atoms with E-state index in [9.17, 15) is 9.59 Å². The van der Waals surface area contributed by atoms with Crippen molar-refractivity contribution in [2.45, 2.75) is 62.7 Å². The molecule has 1 saturated heterocycles. The van der Waals surface area contributed by atoms with Crippen LogP contribution < -0.4 is 10.6 Å². The van der Waals surface area contributed by atoms with E-state index in [0.717, 1.165) is 36.1 Å². The first-order valence-electron chi connectivity index (χ1n) is 11.5. The highest BCUT2D eigenvalue weighted by Gasteiger charge is 2.39. The van der Waals surface area contributed by atoms with Crippen molar-refractivity contribution >= 4 is 29.4 Å². The number of nitrogens with zero attached hydrogens (tertiary/aromatic N) is 3. The number of nitrogens with one attached hydrogen (secondary N) is 2. The van der Waals surface area contributed by atoms with Crippen molar-refractivity contribution in [3.8, 4) is 11.3 Å². The number of aromatic nitrogens is 2. The maximum absolute atomic E-state index is 13.3. The number of amides is 2. The number of benzene rings is 1. The van der Waals surface area contributed by atoms with Crippen molar-refractivity contribution in [2.75, 3.05) is 18.5 Å². The van der Waals surface area contributed by atoms with Gasteiger partial charge in [-0.2, -0.15) is 0 Å². The molecule has 2 unspecified atom stereocenters. The summed E-state index contributed by atoms with van der Waals surface area (Å²) in [4.78, 5) is 35.2. The summed E-state index contributed by atoms with van der Waals surface area (Å²) in [6, 6.07) is 7.79. The van der Waals surface area contributed by atoms with Gasteiger partial charge in [-0.15, -0.1) is 0 Å². The van der Waals surface area contributed by atoms with Crippen LogP contribution in [0.15, 0.2) is 30.5 Å². The van der Waals surface area contributed by atoms with E-state index in [1.165, 1.54) is 6.92 Å². The fourth-order valence-electron chi connectivity index (χ4n) is 5.09. The Labute approximate surface area is 198 Å². The molecule has 5 rings (SSSR count). The topological polar surface area (TPSA) is 96.5 Å². The molecular weight excluding hydrogens is 442 g/mol. The minimum atomic E-state index is -0.614. The minimum Gasteiger partial charge on any atom is -0.381 e. The van der Waals surface area contributed by atoms with Crippen LogP contribution >= 0.6 is 11.6 Å². The van der Waals surface area contributed by atoms with Gasteiger partial charge in [0.05, 0.1) is 24.9 Å². The van der Waals surface area contributed by atoms with Crippen LogP contribution in [0.2, 0.25) is 0 Å². The first-order valence-corrected chi connectivity index (χ1v) is 11.9. The lowest BCUT2D eigenvalue weighted by Crippen LogP contribution is -2.48. The van der Waals surface area contributed by atoms with Gasteiger partial charge < -0.3 is 20.3 Å². The summed E-state index contributed by atoms with van der Waals surface area (Å²) in [5.74, 6) is 0.427. The van der Waals surface area contributed by atoms with Gasteiger partial charge in [-0.25, -0.2) is 9.97 Å². The van der Waals surface area contributed by atoms with Crippen molar-refractivity contribution in [2.24, 2.45) is 0 Å². The average molecular weight is 470 g/mol. The fraction of sp³-hybridized carbons (Fsp3) is 0.500. The Kier molecular flexibility index (Phi) is 5.97. The number of fused-ring (bicyclic) bond motifs is 1. The Hall–Kier alpha value is -2.71. The number of carbonyl (C=O) groups excluding carboxylic acids is 2. The van der Waals surface area contributed by atoms with E-state index < -0.39 is 5.00 Å². The molecule has 2 amide bonds. The fourth-order valence-corrected chi connectivity index (χ4v) is 5.33. The normalized spacial score (nSPS) is 23.9. The Bertz CT molecular complexity index is 1070. The number of anilines is 1. The predicted molar refractivity (Wildman–Crippen MR) is 125 cm³/mol. The standard InChI is InChI=1S/C24H28ClN5O3/c1-15(31)27-20-3-2-4-21(20)30-14-17-6-5-16(13-18(17)22(30)32)19-7-10-26-23(28-19)29-24(25)8-11-33-12-9-24/h5-7,10,13,20-21H,2-4,8-9,11-12,14H2,1H3,(H,27,31)(H,26,28,29). The average Bonchev–Trinajstić information content (AvgIpc) is 3.37. The van der Waals surface area contributed by atoms with Gasteiger partial charge >= 0.3 is 0 Å². The molecule has 2 fully saturated rings.